The Kier molecular flexibility index (Phi) is 3.85. The van der Waals surface area contributed by atoms with Gasteiger partial charge in [-0.3, -0.25) is 9.78 Å². The van der Waals surface area contributed by atoms with Gasteiger partial charge in [0.1, 0.15) is 10.4 Å². The van der Waals surface area contributed by atoms with Crippen LogP contribution in [0.1, 0.15) is 28.9 Å². The number of nitrogens with one attached hydrogen (secondary N) is 1. The minimum atomic E-state index is -0.0588. The Morgan fingerprint density at radius 2 is 2.40 bits per heavy atom. The molecule has 0 bridgehead atoms. The second-order valence-electron chi connectivity index (χ2n) is 4.98. The van der Waals surface area contributed by atoms with Crippen LogP contribution in [0.5, 0.6) is 0 Å². The van der Waals surface area contributed by atoms with E-state index in [1.165, 1.54) is 24.2 Å². The third-order valence-corrected chi connectivity index (χ3v) is 6.09. The topological polar surface area (TPSA) is 68.0 Å². The van der Waals surface area contributed by atoms with Gasteiger partial charge in [-0.2, -0.15) is 11.8 Å². The second-order valence-corrected chi connectivity index (χ2v) is 7.11. The predicted octanol–water partition coefficient (Wildman–Crippen LogP) is 2.89. The third-order valence-electron chi connectivity index (χ3n) is 3.76. The Bertz CT molecular complexity index is 640. The number of nitrogen functional groups attached to an aromatic ring is 1. The van der Waals surface area contributed by atoms with Gasteiger partial charge in [0.25, 0.3) is 5.91 Å². The maximum Gasteiger partial charge on any atom is 0.263 e. The largest absolute Gasteiger partial charge is 0.396 e. The molecule has 106 valence electrons. The SMILES string of the molecule is CSC1CCCC1NC(=O)c1sc2cccnc2c1N. The summed E-state index contributed by atoms with van der Waals surface area (Å²) in [6.45, 7) is 0. The first-order valence-corrected chi connectivity index (χ1v) is 8.78. The van der Waals surface area contributed by atoms with Crippen LogP contribution in [0.3, 0.4) is 0 Å². The van der Waals surface area contributed by atoms with Crippen molar-refractivity contribution >= 4 is 44.9 Å². The molecule has 3 N–H and O–H groups in total. The van der Waals surface area contributed by atoms with Crippen molar-refractivity contribution in [3.8, 4) is 0 Å². The normalized spacial score (nSPS) is 22.2. The molecule has 0 spiro atoms. The van der Waals surface area contributed by atoms with Gasteiger partial charge in [-0.25, -0.2) is 0 Å². The fourth-order valence-corrected chi connectivity index (χ4v) is 4.64. The maximum atomic E-state index is 12.4. The zero-order chi connectivity index (χ0) is 14.1. The minimum absolute atomic E-state index is 0.0588. The molecule has 0 saturated heterocycles. The van der Waals surface area contributed by atoms with Crippen molar-refractivity contribution in [2.24, 2.45) is 0 Å². The molecule has 2 heterocycles. The first-order chi connectivity index (χ1) is 9.70. The van der Waals surface area contributed by atoms with Crippen LogP contribution in [0.15, 0.2) is 18.3 Å². The Morgan fingerprint density at radius 1 is 1.55 bits per heavy atom. The summed E-state index contributed by atoms with van der Waals surface area (Å²) in [5.41, 5.74) is 7.30. The average Bonchev–Trinajstić information content (AvgIpc) is 3.04. The molecule has 6 heteroatoms. The number of rotatable bonds is 3. The van der Waals surface area contributed by atoms with Gasteiger partial charge in [0.2, 0.25) is 0 Å². The number of thioether (sulfide) groups is 1. The number of fused-ring (bicyclic) bond motifs is 1. The Hall–Kier alpha value is -1.27. The molecular weight excluding hydrogens is 290 g/mol. The highest BCUT2D eigenvalue weighted by atomic mass is 32.2. The number of hydrogen-bond acceptors (Lipinski definition) is 5. The molecule has 2 unspecified atom stereocenters. The van der Waals surface area contributed by atoms with Gasteiger partial charge in [0.05, 0.1) is 10.4 Å². The Labute approximate surface area is 126 Å². The number of hydrogen-bond donors (Lipinski definition) is 2. The van der Waals surface area contributed by atoms with Crippen molar-refractivity contribution in [3.05, 3.63) is 23.2 Å². The molecule has 20 heavy (non-hydrogen) atoms. The number of nitrogens with two attached hydrogens (primary N) is 1. The van der Waals surface area contributed by atoms with Crippen molar-refractivity contribution < 1.29 is 4.79 Å². The van der Waals surface area contributed by atoms with E-state index in [0.717, 1.165) is 16.6 Å². The van der Waals surface area contributed by atoms with E-state index in [-0.39, 0.29) is 11.9 Å². The molecule has 0 aromatic carbocycles. The number of aromatic nitrogens is 1. The summed E-state index contributed by atoms with van der Waals surface area (Å²) in [5, 5.41) is 3.66. The number of nitrogens with zero attached hydrogens (tertiary/aromatic N) is 1. The summed E-state index contributed by atoms with van der Waals surface area (Å²) < 4.78 is 0.961. The van der Waals surface area contributed by atoms with Gasteiger partial charge < -0.3 is 11.1 Å². The minimum Gasteiger partial charge on any atom is -0.396 e. The zero-order valence-electron chi connectivity index (χ0n) is 11.3. The highest BCUT2D eigenvalue weighted by Crippen LogP contribution is 2.33. The smallest absolute Gasteiger partial charge is 0.263 e. The van der Waals surface area contributed by atoms with Crippen LogP contribution in [0.2, 0.25) is 0 Å². The Balaban J connectivity index is 1.84. The number of thiophene rings is 1. The van der Waals surface area contributed by atoms with Crippen molar-refractivity contribution in [1.29, 1.82) is 0 Å². The van der Waals surface area contributed by atoms with Crippen LogP contribution in [0.4, 0.5) is 5.69 Å². The van der Waals surface area contributed by atoms with Crippen LogP contribution >= 0.6 is 23.1 Å². The van der Waals surface area contributed by atoms with E-state index in [4.69, 9.17) is 5.73 Å². The van der Waals surface area contributed by atoms with Crippen molar-refractivity contribution in [3.63, 3.8) is 0 Å². The summed E-state index contributed by atoms with van der Waals surface area (Å²) >= 11 is 3.25. The van der Waals surface area contributed by atoms with Gasteiger partial charge in [0.15, 0.2) is 0 Å². The monoisotopic (exact) mass is 307 g/mol. The molecule has 1 saturated carbocycles. The van der Waals surface area contributed by atoms with E-state index < -0.39 is 0 Å². The van der Waals surface area contributed by atoms with E-state index >= 15 is 0 Å². The van der Waals surface area contributed by atoms with Crippen LogP contribution in [-0.4, -0.2) is 28.4 Å². The molecule has 0 radical (unpaired) electrons. The first-order valence-electron chi connectivity index (χ1n) is 6.67. The summed E-state index contributed by atoms with van der Waals surface area (Å²) in [4.78, 5) is 17.3. The summed E-state index contributed by atoms with van der Waals surface area (Å²) in [5.74, 6) is -0.0588. The van der Waals surface area contributed by atoms with Crippen LogP contribution in [-0.2, 0) is 0 Å². The molecule has 2 aromatic rings. The van der Waals surface area contributed by atoms with E-state index in [9.17, 15) is 4.79 Å². The van der Waals surface area contributed by atoms with Crippen LogP contribution < -0.4 is 11.1 Å². The predicted molar refractivity (Wildman–Crippen MR) is 86.4 cm³/mol. The molecule has 4 nitrogen and oxygen atoms in total. The number of amides is 1. The fourth-order valence-electron chi connectivity index (χ4n) is 2.72. The summed E-state index contributed by atoms with van der Waals surface area (Å²) in [7, 11) is 0. The lowest BCUT2D eigenvalue weighted by molar-refractivity contribution is 0.0943. The van der Waals surface area contributed by atoms with E-state index in [0.29, 0.717) is 15.8 Å². The molecule has 2 aromatic heterocycles. The molecular formula is C14H17N3OS2. The van der Waals surface area contributed by atoms with Gasteiger partial charge in [-0.05, 0) is 31.2 Å². The molecule has 2 atom stereocenters. The average molecular weight is 307 g/mol. The fraction of sp³-hybridized carbons (Fsp3) is 0.429. The third kappa shape index (κ3) is 2.38. The van der Waals surface area contributed by atoms with Crippen molar-refractivity contribution in [1.82, 2.24) is 10.3 Å². The van der Waals surface area contributed by atoms with Gasteiger partial charge in [-0.1, -0.05) is 6.42 Å². The molecule has 1 aliphatic rings. The lowest BCUT2D eigenvalue weighted by atomic mass is 10.2. The lowest BCUT2D eigenvalue weighted by Crippen LogP contribution is -2.38. The molecule has 0 aliphatic heterocycles. The van der Waals surface area contributed by atoms with E-state index in [2.05, 4.69) is 16.6 Å². The second kappa shape index (κ2) is 5.61. The molecule has 1 aliphatic carbocycles. The van der Waals surface area contributed by atoms with Crippen molar-refractivity contribution in [2.45, 2.75) is 30.6 Å². The van der Waals surface area contributed by atoms with Gasteiger partial charge in [-0.15, -0.1) is 11.3 Å². The standard InChI is InChI=1S/C14H17N3OS2/c1-19-9-5-2-4-8(9)17-14(18)13-11(15)12-10(20-13)6-3-7-16-12/h3,6-9H,2,4-5,15H2,1H3,(H,17,18). The van der Waals surface area contributed by atoms with Gasteiger partial charge >= 0.3 is 0 Å². The summed E-state index contributed by atoms with van der Waals surface area (Å²) in [6.07, 6.45) is 7.22. The molecule has 1 fully saturated rings. The lowest BCUT2D eigenvalue weighted by Gasteiger charge is -2.18. The number of carbonyl (C=O) groups excluding carboxylic acids is 1. The highest BCUT2D eigenvalue weighted by molar-refractivity contribution is 7.99. The number of pyridine rings is 1. The van der Waals surface area contributed by atoms with E-state index in [1.807, 2.05) is 23.9 Å². The quantitative estimate of drug-likeness (QED) is 0.915. The maximum absolute atomic E-state index is 12.4. The van der Waals surface area contributed by atoms with E-state index in [1.54, 1.807) is 6.20 Å². The number of anilines is 1. The zero-order valence-corrected chi connectivity index (χ0v) is 12.9. The molecule has 3 rings (SSSR count). The highest BCUT2D eigenvalue weighted by Gasteiger charge is 2.29. The van der Waals surface area contributed by atoms with Gasteiger partial charge in [0, 0.05) is 17.5 Å². The molecule has 1 amide bonds. The van der Waals surface area contributed by atoms with Crippen molar-refractivity contribution in [2.75, 3.05) is 12.0 Å². The Morgan fingerprint density at radius 3 is 3.15 bits per heavy atom. The number of carbonyl (C=O) groups is 1. The van der Waals surface area contributed by atoms with Crippen LogP contribution in [0.25, 0.3) is 10.2 Å². The first kappa shape index (κ1) is 13.7. The summed E-state index contributed by atoms with van der Waals surface area (Å²) in [6, 6.07) is 4.07. The van der Waals surface area contributed by atoms with Crippen LogP contribution in [0, 0.1) is 0 Å².